The van der Waals surface area contributed by atoms with Gasteiger partial charge in [0.15, 0.2) is 51.6 Å². The first kappa shape index (κ1) is 101. The van der Waals surface area contributed by atoms with Crippen molar-refractivity contribution in [2.45, 2.75) is 98.6 Å². The Kier molecular flexibility index (Phi) is 30.5. The zero-order chi connectivity index (χ0) is 104. The lowest BCUT2D eigenvalue weighted by Crippen LogP contribution is -2.50. The molecule has 2 N–H and O–H groups in total. The van der Waals surface area contributed by atoms with E-state index in [4.69, 9.17) is 52.5 Å². The number of benzene rings is 4. The molecule has 0 aliphatic carbocycles. The van der Waals surface area contributed by atoms with Gasteiger partial charge in [-0.15, -0.1) is 0 Å². The third kappa shape index (κ3) is 21.9. The number of rotatable bonds is 19. The summed E-state index contributed by atoms with van der Waals surface area (Å²) in [6.07, 6.45) is 26.6. The van der Waals surface area contributed by atoms with E-state index < -0.39 is 0 Å². The van der Waals surface area contributed by atoms with Crippen LogP contribution in [0.4, 0.5) is 17.1 Å². The van der Waals surface area contributed by atoms with Crippen LogP contribution < -0.4 is 81.6 Å². The number of hydrogen-bond acceptors (Lipinski definition) is 30. The van der Waals surface area contributed by atoms with Crippen LogP contribution in [-0.2, 0) is 11.2 Å². The fourth-order valence-electron chi connectivity index (χ4n) is 20.9. The molecule has 24 rings (SSSR count). The molecule has 774 valence electrons. The summed E-state index contributed by atoms with van der Waals surface area (Å²) in [5, 5.41) is 11.1. The third-order valence-electron chi connectivity index (χ3n) is 29.2. The molecule has 17 aromatic rings. The van der Waals surface area contributed by atoms with E-state index in [9.17, 15) is 24.0 Å². The predicted octanol–water partition coefficient (Wildman–Crippen LogP) is 13.7. The lowest BCUT2D eigenvalue weighted by atomic mass is 9.99. The largest absolute Gasteiger partial charge is 0.493 e. The summed E-state index contributed by atoms with van der Waals surface area (Å²) in [5.74, 6) is 4.37. The Morgan fingerprint density at radius 3 is 1.55 bits per heavy atom. The Morgan fingerprint density at radius 2 is 0.953 bits per heavy atom. The first-order valence-electron chi connectivity index (χ1n) is 51.3. The van der Waals surface area contributed by atoms with Gasteiger partial charge in [0.25, 0.3) is 27.8 Å². The Bertz CT molecular complexity index is 8310. The summed E-state index contributed by atoms with van der Waals surface area (Å²) in [6.45, 7) is 30.7. The number of hydrogen-bond donors (Lipinski definition) is 2. The van der Waals surface area contributed by atoms with Gasteiger partial charge in [-0.25, -0.2) is 34.4 Å². The highest BCUT2D eigenvalue weighted by molar-refractivity contribution is 5.81. The number of methoxy groups -OCH3 is 6. The Morgan fingerprint density at radius 1 is 0.400 bits per heavy atom. The quantitative estimate of drug-likeness (QED) is 0.0759. The van der Waals surface area contributed by atoms with E-state index in [1.807, 2.05) is 143 Å². The van der Waals surface area contributed by atoms with Crippen molar-refractivity contribution < 1.29 is 37.6 Å². The van der Waals surface area contributed by atoms with Crippen LogP contribution >= 0.6 is 0 Å². The zero-order valence-corrected chi connectivity index (χ0v) is 86.8. The van der Waals surface area contributed by atoms with Gasteiger partial charge in [-0.05, 0) is 222 Å². The molecule has 7 aliphatic heterocycles. The van der Waals surface area contributed by atoms with Crippen molar-refractivity contribution in [1.29, 1.82) is 0 Å². The maximum atomic E-state index is 13.1. The van der Waals surface area contributed by atoms with Gasteiger partial charge in [0.1, 0.15) is 33.8 Å². The van der Waals surface area contributed by atoms with Crippen molar-refractivity contribution in [2.75, 3.05) is 182 Å². The molecule has 36 heteroatoms. The first-order chi connectivity index (χ1) is 73.0. The molecule has 150 heavy (non-hydrogen) atoms. The van der Waals surface area contributed by atoms with Crippen LogP contribution in [0, 0.1) is 27.7 Å². The predicted molar refractivity (Wildman–Crippen MR) is 584 cm³/mol. The van der Waals surface area contributed by atoms with E-state index in [1.165, 1.54) is 37.1 Å². The summed E-state index contributed by atoms with van der Waals surface area (Å²) < 4.78 is 53.2. The minimum absolute atomic E-state index is 0.0840. The Balaban J connectivity index is 0.000000114. The van der Waals surface area contributed by atoms with E-state index in [2.05, 4.69) is 114 Å². The lowest BCUT2D eigenvalue weighted by Gasteiger charge is -2.40. The Labute approximate surface area is 866 Å². The van der Waals surface area contributed by atoms with E-state index in [1.54, 1.807) is 113 Å². The van der Waals surface area contributed by atoms with Gasteiger partial charge in [-0.3, -0.25) is 70.6 Å². The van der Waals surface area contributed by atoms with E-state index >= 15 is 0 Å². The molecule has 13 aromatic heterocycles. The minimum Gasteiger partial charge on any atom is -0.493 e. The highest BCUT2D eigenvalue weighted by Crippen LogP contribution is 2.39. The van der Waals surface area contributed by atoms with Crippen LogP contribution in [0.15, 0.2) is 230 Å². The van der Waals surface area contributed by atoms with E-state index in [0.717, 1.165) is 240 Å². The SMILES string of the molecule is CCc1cc(C2=CCN(CC)CC2)cn2c(=O)cc(-c3ccc(OC)c(OC)c3)nc12.COc1ccc(-c2cc(=O)n3cc(N4CCC(N5CCOCC5)CC4)cc(C)c3n2)cc1OC.COc1ccc(-c2cc(=O)n3cc(N4CCN5CCC[C@H]5C4)cc(C)c3n2)cc1OC.Cc1cn2nc(-c3cc(=O)n4cc(N5CCNCC5)ccc4n3)cc2cn1.Cc1nc2ccc(-c3cc(=O)n4cc(C5=CCNCC5)ncc4n3)cc2o1. The van der Waals surface area contributed by atoms with Gasteiger partial charge >= 0.3 is 0 Å². The standard InChI is InChI=1S/C26H32N4O4.C25H29N3O3.C24H28N4O3.C20H17N5O2.C19H19N7O/c1-18-14-21(28-8-6-20(7-9-28)29-10-12-34-13-11-29)17-30-25(31)16-22(27-26(18)30)19-4-5-23(32-2)24(15-19)33-3;1-5-17-13-20(18-9-11-27(6-2)12-10-18)16-28-24(29)15-21(26-25(17)28)19-7-8-22(30-3)23(14-19)31-4;1-16-11-19(27-10-9-26-8-4-5-18(26)14-27)15-28-23(29)13-20(25-24(16)28)17-6-7-21(30-2)22(12-17)31-3;1-12-23-15-3-2-14(8-18(15)27-12)16-9-20(26)25-11-17(22-10-19(25)24-16)13-4-6-21-7-5-13;1-13-11-26-15(10-21-13)8-17(23-26)16-9-19(27)25-12-14(2-3-18(25)22-16)24-6-4-20-5-7-24/h4-5,14-17,20H,6-13H2,1-3H3;7-9,13-16H,5-6,10-12H2,1-4H3;6-7,11-13,15,18H,4-5,8-10,14H2,1-3H3;2-4,8-11,21H,5-7H2,1H3;2-3,8-12,20H,4-7H2,1H3/t;;18-;;/m..0../s1. The second kappa shape index (κ2) is 45.1. The number of aryl methyl sites for hydroxylation is 5. The maximum absolute atomic E-state index is 13.1. The molecule has 4 aromatic carbocycles. The molecule has 0 unspecified atom stereocenters. The van der Waals surface area contributed by atoms with E-state index in [0.29, 0.717) is 120 Å². The van der Waals surface area contributed by atoms with Crippen molar-refractivity contribution in [1.82, 2.24) is 96.8 Å². The molecule has 1 atom stereocenters. The van der Waals surface area contributed by atoms with Gasteiger partial charge in [0.05, 0.1) is 137 Å². The molecule has 5 saturated heterocycles. The summed E-state index contributed by atoms with van der Waals surface area (Å²) in [4.78, 5) is 116. The van der Waals surface area contributed by atoms with Crippen LogP contribution in [0.2, 0.25) is 0 Å². The van der Waals surface area contributed by atoms with Crippen LogP contribution in [-0.4, -0.2) is 265 Å². The number of morpholine rings is 1. The number of fused-ring (bicyclic) bond motifs is 8. The van der Waals surface area contributed by atoms with Crippen LogP contribution in [0.25, 0.3) is 112 Å². The number of aromatic nitrogens is 15. The number of anilines is 3. The number of pyridine rings is 4. The molecule has 7 aliphatic rings. The molecule has 20 heterocycles. The lowest BCUT2D eigenvalue weighted by molar-refractivity contribution is 0.0115. The third-order valence-corrected chi connectivity index (χ3v) is 29.2. The first-order valence-corrected chi connectivity index (χ1v) is 51.3. The average Bonchev–Trinajstić information content (AvgIpc) is 0.907. The molecule has 36 nitrogen and oxygen atoms in total. The molecule has 0 amide bonds. The number of nitrogens with one attached hydrogen (secondary N) is 2. The van der Waals surface area contributed by atoms with Gasteiger partial charge in [0, 0.05) is 194 Å². The number of piperidine rings is 1. The summed E-state index contributed by atoms with van der Waals surface area (Å²) in [5.41, 5.74) is 23.5. The molecular formula is C114H125N23O13. The van der Waals surface area contributed by atoms with Crippen molar-refractivity contribution in [3.05, 3.63) is 293 Å². The van der Waals surface area contributed by atoms with Crippen LogP contribution in [0.1, 0.15) is 91.9 Å². The number of ether oxygens (including phenoxy) is 7. The summed E-state index contributed by atoms with van der Waals surface area (Å²) in [6, 6.07) is 43.7. The second-order valence-electron chi connectivity index (χ2n) is 38.5. The van der Waals surface area contributed by atoms with Crippen LogP contribution in [0.3, 0.4) is 0 Å². The molecule has 0 bridgehead atoms. The normalized spacial score (nSPS) is 16.3. The monoisotopic (exact) mass is 2020 g/mol. The van der Waals surface area contributed by atoms with E-state index in [-0.39, 0.29) is 27.8 Å². The fraction of sp³-hybridized carbons (Fsp3) is 0.351. The fourth-order valence-corrected chi connectivity index (χ4v) is 20.9. The Hall–Kier alpha value is -15.9. The number of nitrogens with zero attached hydrogens (tertiary/aromatic N) is 21. The molecule has 0 radical (unpaired) electrons. The van der Waals surface area contributed by atoms with Gasteiger partial charge in [-0.1, -0.05) is 32.1 Å². The number of likely N-dealkylation sites (N-methyl/N-ethyl adjacent to an activating group) is 1. The zero-order valence-electron chi connectivity index (χ0n) is 86.8. The summed E-state index contributed by atoms with van der Waals surface area (Å²) >= 11 is 0. The van der Waals surface area contributed by atoms with Crippen molar-refractivity contribution >= 4 is 73.1 Å². The van der Waals surface area contributed by atoms with Crippen molar-refractivity contribution in [2.24, 2.45) is 0 Å². The molecule has 0 spiro atoms. The average molecular weight is 2030 g/mol. The van der Waals surface area contributed by atoms with Crippen molar-refractivity contribution in [3.8, 4) is 90.9 Å². The van der Waals surface area contributed by atoms with Crippen LogP contribution in [0.5, 0.6) is 34.5 Å². The maximum Gasteiger partial charge on any atom is 0.258 e. The second-order valence-corrected chi connectivity index (χ2v) is 38.5. The van der Waals surface area contributed by atoms with Gasteiger partial charge in [0.2, 0.25) is 0 Å². The summed E-state index contributed by atoms with van der Waals surface area (Å²) in [7, 11) is 9.60. The minimum atomic E-state index is -0.137. The molecular weight excluding hydrogens is 1900 g/mol. The highest BCUT2D eigenvalue weighted by Gasteiger charge is 2.33. The topological polar surface area (TPSA) is 349 Å². The number of oxazole rings is 1. The smallest absolute Gasteiger partial charge is 0.258 e. The highest BCUT2D eigenvalue weighted by atomic mass is 16.5. The molecule has 0 saturated carbocycles. The van der Waals surface area contributed by atoms with Gasteiger partial charge < -0.3 is 62.9 Å². The van der Waals surface area contributed by atoms with Gasteiger partial charge in [-0.2, -0.15) is 5.10 Å². The van der Waals surface area contributed by atoms with Crippen molar-refractivity contribution in [3.63, 3.8) is 0 Å². The molecule has 5 fully saturated rings. The number of piperazine rings is 2.